The van der Waals surface area contributed by atoms with Crippen LogP contribution in [0.1, 0.15) is 35.2 Å². The van der Waals surface area contributed by atoms with Crippen LogP contribution in [-0.4, -0.2) is 5.78 Å². The lowest BCUT2D eigenvalue weighted by molar-refractivity contribution is 0.0986. The van der Waals surface area contributed by atoms with Gasteiger partial charge in [0.2, 0.25) is 0 Å². The number of carbonyl (C=O) groups excluding carboxylic acids is 1. The second kappa shape index (κ2) is 5.48. The SMILES string of the molecule is CCCc1ccc(CC(=O)c2ccccc2)o1. The minimum atomic E-state index is 0.1000. The van der Waals surface area contributed by atoms with Gasteiger partial charge in [0.1, 0.15) is 11.5 Å². The van der Waals surface area contributed by atoms with E-state index in [4.69, 9.17) is 4.42 Å². The second-order valence-corrected chi connectivity index (χ2v) is 4.08. The maximum absolute atomic E-state index is 11.9. The molecule has 0 aliphatic heterocycles. The molecule has 2 aromatic rings. The van der Waals surface area contributed by atoms with Crippen LogP contribution in [-0.2, 0) is 12.8 Å². The van der Waals surface area contributed by atoms with E-state index in [1.807, 2.05) is 42.5 Å². The summed E-state index contributed by atoms with van der Waals surface area (Å²) >= 11 is 0. The molecule has 2 rings (SSSR count). The Labute approximate surface area is 101 Å². The normalized spacial score (nSPS) is 10.4. The van der Waals surface area contributed by atoms with Crippen molar-refractivity contribution in [2.75, 3.05) is 0 Å². The predicted octanol–water partition coefficient (Wildman–Crippen LogP) is 3.66. The maximum Gasteiger partial charge on any atom is 0.170 e. The highest BCUT2D eigenvalue weighted by Gasteiger charge is 2.09. The van der Waals surface area contributed by atoms with E-state index in [1.165, 1.54) is 0 Å². The molecular weight excluding hydrogens is 212 g/mol. The number of hydrogen-bond acceptors (Lipinski definition) is 2. The van der Waals surface area contributed by atoms with E-state index in [9.17, 15) is 4.79 Å². The van der Waals surface area contributed by atoms with Crippen molar-refractivity contribution in [1.82, 2.24) is 0 Å². The molecular formula is C15H16O2. The van der Waals surface area contributed by atoms with Crippen molar-refractivity contribution in [1.29, 1.82) is 0 Å². The van der Waals surface area contributed by atoms with Gasteiger partial charge in [0.25, 0.3) is 0 Å². The highest BCUT2D eigenvalue weighted by atomic mass is 16.3. The van der Waals surface area contributed by atoms with E-state index < -0.39 is 0 Å². The van der Waals surface area contributed by atoms with Crippen LogP contribution >= 0.6 is 0 Å². The van der Waals surface area contributed by atoms with Gasteiger partial charge in [0.05, 0.1) is 6.42 Å². The number of rotatable bonds is 5. The van der Waals surface area contributed by atoms with Crippen molar-refractivity contribution >= 4 is 5.78 Å². The average Bonchev–Trinajstić information content (AvgIpc) is 2.78. The molecule has 0 saturated heterocycles. The number of hydrogen-bond donors (Lipinski definition) is 0. The zero-order valence-electron chi connectivity index (χ0n) is 9.98. The molecule has 0 N–H and O–H groups in total. The smallest absolute Gasteiger partial charge is 0.170 e. The van der Waals surface area contributed by atoms with E-state index in [0.717, 1.165) is 29.9 Å². The van der Waals surface area contributed by atoms with Crippen molar-refractivity contribution < 1.29 is 9.21 Å². The molecule has 1 heterocycles. The van der Waals surface area contributed by atoms with E-state index in [2.05, 4.69) is 6.92 Å². The third-order valence-electron chi connectivity index (χ3n) is 2.64. The molecule has 0 atom stereocenters. The third-order valence-corrected chi connectivity index (χ3v) is 2.64. The molecule has 0 fully saturated rings. The molecule has 88 valence electrons. The number of furan rings is 1. The first kappa shape index (κ1) is 11.6. The van der Waals surface area contributed by atoms with Gasteiger partial charge < -0.3 is 4.42 Å². The first-order valence-corrected chi connectivity index (χ1v) is 5.95. The summed E-state index contributed by atoms with van der Waals surface area (Å²) in [5, 5.41) is 0. The van der Waals surface area contributed by atoms with Crippen molar-refractivity contribution in [2.45, 2.75) is 26.2 Å². The van der Waals surface area contributed by atoms with Crippen molar-refractivity contribution in [3.63, 3.8) is 0 Å². The van der Waals surface area contributed by atoms with Crippen molar-refractivity contribution in [3.8, 4) is 0 Å². The van der Waals surface area contributed by atoms with Crippen LogP contribution in [0.5, 0.6) is 0 Å². The molecule has 0 aliphatic rings. The standard InChI is InChI=1S/C15H16O2/c1-2-6-13-9-10-14(17-13)11-15(16)12-7-4-3-5-8-12/h3-5,7-10H,2,6,11H2,1H3. The second-order valence-electron chi connectivity index (χ2n) is 4.08. The molecule has 0 amide bonds. The monoisotopic (exact) mass is 228 g/mol. The van der Waals surface area contributed by atoms with Gasteiger partial charge in [-0.25, -0.2) is 0 Å². The van der Waals surface area contributed by atoms with E-state index in [1.54, 1.807) is 0 Å². The first-order chi connectivity index (χ1) is 8.29. The number of benzene rings is 1. The molecule has 0 bridgehead atoms. The van der Waals surface area contributed by atoms with Crippen LogP contribution in [0.2, 0.25) is 0 Å². The number of aryl methyl sites for hydroxylation is 1. The molecule has 0 radical (unpaired) electrons. The molecule has 0 unspecified atom stereocenters. The van der Waals surface area contributed by atoms with Crippen LogP contribution in [0.25, 0.3) is 0 Å². The minimum absolute atomic E-state index is 0.1000. The average molecular weight is 228 g/mol. The summed E-state index contributed by atoms with van der Waals surface area (Å²) in [5.74, 6) is 1.81. The van der Waals surface area contributed by atoms with E-state index in [-0.39, 0.29) is 5.78 Å². The number of ketones is 1. The van der Waals surface area contributed by atoms with Crippen LogP contribution < -0.4 is 0 Å². The summed E-state index contributed by atoms with van der Waals surface area (Å²) in [4.78, 5) is 11.9. The largest absolute Gasteiger partial charge is 0.466 e. The van der Waals surface area contributed by atoms with Crippen LogP contribution in [0.3, 0.4) is 0 Å². The summed E-state index contributed by atoms with van der Waals surface area (Å²) in [6, 6.07) is 13.2. The molecule has 1 aromatic heterocycles. The Morgan fingerprint density at radius 3 is 2.47 bits per heavy atom. The van der Waals surface area contributed by atoms with Gasteiger partial charge in [-0.15, -0.1) is 0 Å². The molecule has 17 heavy (non-hydrogen) atoms. The van der Waals surface area contributed by atoms with Gasteiger partial charge >= 0.3 is 0 Å². The Morgan fingerprint density at radius 1 is 1.06 bits per heavy atom. The predicted molar refractivity (Wildman–Crippen MR) is 67.2 cm³/mol. The lowest BCUT2D eigenvalue weighted by Gasteiger charge is -1.98. The Kier molecular flexibility index (Phi) is 3.76. The van der Waals surface area contributed by atoms with E-state index in [0.29, 0.717) is 6.42 Å². The summed E-state index contributed by atoms with van der Waals surface area (Å²) < 4.78 is 5.60. The third kappa shape index (κ3) is 3.06. The lowest BCUT2D eigenvalue weighted by atomic mass is 10.1. The Bertz CT molecular complexity index is 483. The highest BCUT2D eigenvalue weighted by molar-refractivity contribution is 5.97. The van der Waals surface area contributed by atoms with Gasteiger partial charge in [-0.05, 0) is 18.6 Å². The first-order valence-electron chi connectivity index (χ1n) is 5.95. The molecule has 1 aromatic carbocycles. The Morgan fingerprint density at radius 2 is 1.76 bits per heavy atom. The molecule has 0 saturated carbocycles. The Hall–Kier alpha value is -1.83. The van der Waals surface area contributed by atoms with Gasteiger partial charge in [-0.2, -0.15) is 0 Å². The number of carbonyl (C=O) groups is 1. The van der Waals surface area contributed by atoms with Gasteiger partial charge in [0.15, 0.2) is 5.78 Å². The lowest BCUT2D eigenvalue weighted by Crippen LogP contribution is -2.02. The summed E-state index contributed by atoms with van der Waals surface area (Å²) in [6.45, 7) is 2.11. The fraction of sp³-hybridized carbons (Fsp3) is 0.267. The Balaban J connectivity index is 2.03. The van der Waals surface area contributed by atoms with Crippen LogP contribution in [0, 0.1) is 0 Å². The fourth-order valence-electron chi connectivity index (χ4n) is 1.78. The van der Waals surface area contributed by atoms with Crippen LogP contribution in [0.4, 0.5) is 0 Å². The summed E-state index contributed by atoms with van der Waals surface area (Å²) in [5.41, 5.74) is 0.737. The van der Waals surface area contributed by atoms with Gasteiger partial charge in [-0.1, -0.05) is 37.3 Å². The quantitative estimate of drug-likeness (QED) is 0.731. The van der Waals surface area contributed by atoms with E-state index >= 15 is 0 Å². The molecule has 2 nitrogen and oxygen atoms in total. The fourth-order valence-corrected chi connectivity index (χ4v) is 1.78. The number of Topliss-reactive ketones (excluding diaryl/α,β-unsaturated/α-hetero) is 1. The minimum Gasteiger partial charge on any atom is -0.466 e. The maximum atomic E-state index is 11.9. The van der Waals surface area contributed by atoms with Crippen molar-refractivity contribution in [3.05, 3.63) is 59.5 Å². The van der Waals surface area contributed by atoms with Gasteiger partial charge in [-0.3, -0.25) is 4.79 Å². The highest BCUT2D eigenvalue weighted by Crippen LogP contribution is 2.13. The molecule has 0 aliphatic carbocycles. The molecule has 2 heteroatoms. The topological polar surface area (TPSA) is 30.2 Å². The summed E-state index contributed by atoms with van der Waals surface area (Å²) in [6.07, 6.45) is 2.33. The zero-order chi connectivity index (χ0) is 12.1. The summed E-state index contributed by atoms with van der Waals surface area (Å²) in [7, 11) is 0. The molecule has 0 spiro atoms. The van der Waals surface area contributed by atoms with Gasteiger partial charge in [0, 0.05) is 12.0 Å². The van der Waals surface area contributed by atoms with Crippen molar-refractivity contribution in [2.24, 2.45) is 0 Å². The van der Waals surface area contributed by atoms with Crippen LogP contribution in [0.15, 0.2) is 46.9 Å². The zero-order valence-corrected chi connectivity index (χ0v) is 9.98.